The van der Waals surface area contributed by atoms with Crippen molar-refractivity contribution < 1.29 is 0 Å². The Labute approximate surface area is 164 Å². The maximum absolute atomic E-state index is 12.2. The van der Waals surface area contributed by atoms with Crippen LogP contribution >= 0.6 is 0 Å². The summed E-state index contributed by atoms with van der Waals surface area (Å²) in [5.41, 5.74) is 4.19. The lowest BCUT2D eigenvalue weighted by molar-refractivity contribution is 0.332. The molecule has 1 saturated carbocycles. The number of fused-ring (bicyclic) bond motifs is 1. The minimum Gasteiger partial charge on any atom is -0.355 e. The zero-order valence-electron chi connectivity index (χ0n) is 16.1. The lowest BCUT2D eigenvalue weighted by atomic mass is 9.96. The smallest absolute Gasteiger partial charge is 0.266 e. The molecule has 0 amide bonds. The van der Waals surface area contributed by atoms with E-state index in [1.165, 1.54) is 24.1 Å². The summed E-state index contributed by atoms with van der Waals surface area (Å²) in [5.74, 6) is 1.85. The maximum atomic E-state index is 12.2. The Morgan fingerprint density at radius 1 is 1.14 bits per heavy atom. The van der Waals surface area contributed by atoms with Gasteiger partial charge in [-0.1, -0.05) is 0 Å². The van der Waals surface area contributed by atoms with Crippen LogP contribution in [0.1, 0.15) is 60.5 Å². The normalized spacial score (nSPS) is 19.5. The van der Waals surface area contributed by atoms with Crippen molar-refractivity contribution in [3.8, 4) is 6.07 Å². The fourth-order valence-corrected chi connectivity index (χ4v) is 4.55. The number of aromatic nitrogens is 3. The zero-order chi connectivity index (χ0) is 19.1. The number of anilines is 1. The van der Waals surface area contributed by atoms with E-state index in [2.05, 4.69) is 16.1 Å². The van der Waals surface area contributed by atoms with Crippen LogP contribution in [0.3, 0.4) is 0 Å². The van der Waals surface area contributed by atoms with Crippen LogP contribution in [-0.2, 0) is 19.4 Å². The first-order valence-electron chi connectivity index (χ1n) is 10.5. The van der Waals surface area contributed by atoms with Gasteiger partial charge in [-0.15, -0.1) is 0 Å². The lowest BCUT2D eigenvalue weighted by Crippen LogP contribution is -2.37. The maximum Gasteiger partial charge on any atom is 0.266 e. The fourth-order valence-electron chi connectivity index (χ4n) is 4.55. The Morgan fingerprint density at radius 2 is 1.96 bits per heavy atom. The molecule has 2 aliphatic carbocycles. The molecule has 0 spiro atoms. The van der Waals surface area contributed by atoms with E-state index in [1.54, 1.807) is 10.7 Å². The highest BCUT2D eigenvalue weighted by Gasteiger charge is 2.27. The molecule has 0 unspecified atom stereocenters. The van der Waals surface area contributed by atoms with E-state index in [0.717, 1.165) is 56.7 Å². The van der Waals surface area contributed by atoms with Gasteiger partial charge < -0.3 is 4.90 Å². The first kappa shape index (κ1) is 17.4. The quantitative estimate of drug-likeness (QED) is 0.821. The van der Waals surface area contributed by atoms with Crippen LogP contribution in [0.15, 0.2) is 23.0 Å². The zero-order valence-corrected chi connectivity index (χ0v) is 16.1. The number of hydrogen-bond donors (Lipinski definition) is 0. The minimum absolute atomic E-state index is 0.00103. The van der Waals surface area contributed by atoms with E-state index < -0.39 is 0 Å². The van der Waals surface area contributed by atoms with Crippen molar-refractivity contribution in [2.45, 2.75) is 57.4 Å². The SMILES string of the molecule is N#Cc1cc2c(nc1N1CCC(Cn3nc(C4CC4)ccc3=O)CC1)CCC2. The fraction of sp³-hybridized carbons (Fsp3) is 0.545. The van der Waals surface area contributed by atoms with Crippen LogP contribution in [0, 0.1) is 17.2 Å². The van der Waals surface area contributed by atoms with Crippen LogP contribution in [0.25, 0.3) is 0 Å². The molecule has 6 nitrogen and oxygen atoms in total. The van der Waals surface area contributed by atoms with Crippen LogP contribution in [0.4, 0.5) is 5.82 Å². The number of aryl methyl sites for hydroxylation is 2. The van der Waals surface area contributed by atoms with E-state index in [-0.39, 0.29) is 5.56 Å². The monoisotopic (exact) mass is 375 g/mol. The lowest BCUT2D eigenvalue weighted by Gasteiger charge is -2.33. The van der Waals surface area contributed by atoms with Crippen molar-refractivity contribution in [2.24, 2.45) is 5.92 Å². The molecule has 6 heteroatoms. The number of nitrogens with zero attached hydrogens (tertiary/aromatic N) is 5. The number of nitriles is 1. The van der Waals surface area contributed by atoms with Crippen LogP contribution in [0.5, 0.6) is 0 Å². The van der Waals surface area contributed by atoms with Crippen molar-refractivity contribution in [3.05, 3.63) is 51.1 Å². The molecular weight excluding hydrogens is 350 g/mol. The molecular formula is C22H25N5O. The molecule has 2 aromatic rings. The summed E-state index contributed by atoms with van der Waals surface area (Å²) in [6.45, 7) is 2.44. The molecule has 28 heavy (non-hydrogen) atoms. The number of pyridine rings is 1. The first-order valence-corrected chi connectivity index (χ1v) is 10.5. The van der Waals surface area contributed by atoms with Crippen molar-refractivity contribution in [1.82, 2.24) is 14.8 Å². The third kappa shape index (κ3) is 3.30. The molecule has 5 rings (SSSR count). The largest absolute Gasteiger partial charge is 0.355 e. The standard InChI is InChI=1S/C22H25N5O/c23-13-18-12-17-2-1-3-19(17)24-22(18)26-10-8-15(9-11-26)14-27-21(28)7-6-20(25-27)16-4-5-16/h6-7,12,15-16H,1-5,8-11,14H2. The van der Waals surface area contributed by atoms with E-state index >= 15 is 0 Å². The van der Waals surface area contributed by atoms with Gasteiger partial charge in [-0.05, 0) is 68.6 Å². The predicted octanol–water partition coefficient (Wildman–Crippen LogP) is 2.79. The first-order chi connectivity index (χ1) is 13.7. The van der Waals surface area contributed by atoms with Gasteiger partial charge in [0.2, 0.25) is 0 Å². The summed E-state index contributed by atoms with van der Waals surface area (Å²) >= 11 is 0. The van der Waals surface area contributed by atoms with Crippen molar-refractivity contribution in [2.75, 3.05) is 18.0 Å². The van der Waals surface area contributed by atoms with Crippen molar-refractivity contribution >= 4 is 5.82 Å². The van der Waals surface area contributed by atoms with E-state index in [0.29, 0.717) is 23.9 Å². The molecule has 1 saturated heterocycles. The summed E-state index contributed by atoms with van der Waals surface area (Å²) in [5, 5.41) is 14.2. The van der Waals surface area contributed by atoms with Gasteiger partial charge in [0.05, 0.1) is 11.3 Å². The highest BCUT2D eigenvalue weighted by Crippen LogP contribution is 2.38. The Bertz CT molecular complexity index is 993. The van der Waals surface area contributed by atoms with Gasteiger partial charge in [0.25, 0.3) is 5.56 Å². The van der Waals surface area contributed by atoms with Crippen LogP contribution in [-0.4, -0.2) is 27.9 Å². The summed E-state index contributed by atoms with van der Waals surface area (Å²) in [6.07, 6.45) is 7.58. The number of hydrogen-bond acceptors (Lipinski definition) is 5. The average Bonchev–Trinajstić information content (AvgIpc) is 3.47. The molecule has 0 radical (unpaired) electrons. The molecule has 0 aromatic carbocycles. The second-order valence-electron chi connectivity index (χ2n) is 8.41. The topological polar surface area (TPSA) is 74.8 Å². The third-order valence-electron chi connectivity index (χ3n) is 6.38. The van der Waals surface area contributed by atoms with Crippen molar-refractivity contribution in [1.29, 1.82) is 5.26 Å². The molecule has 0 atom stereocenters. The highest BCUT2D eigenvalue weighted by molar-refractivity contribution is 5.57. The summed E-state index contributed by atoms with van der Waals surface area (Å²) < 4.78 is 1.67. The Balaban J connectivity index is 1.28. The Morgan fingerprint density at radius 3 is 2.71 bits per heavy atom. The van der Waals surface area contributed by atoms with Crippen LogP contribution < -0.4 is 10.5 Å². The molecule has 0 N–H and O–H groups in total. The highest BCUT2D eigenvalue weighted by atomic mass is 16.1. The number of rotatable bonds is 4. The van der Waals surface area contributed by atoms with Crippen LogP contribution in [0.2, 0.25) is 0 Å². The Kier molecular flexibility index (Phi) is 4.38. The van der Waals surface area contributed by atoms with Gasteiger partial charge in [-0.3, -0.25) is 4.79 Å². The molecule has 3 heterocycles. The molecule has 2 fully saturated rings. The van der Waals surface area contributed by atoms with Crippen molar-refractivity contribution in [3.63, 3.8) is 0 Å². The molecule has 144 valence electrons. The van der Waals surface area contributed by atoms with Gasteiger partial charge in [-0.25, -0.2) is 9.67 Å². The van der Waals surface area contributed by atoms with Gasteiger partial charge >= 0.3 is 0 Å². The van der Waals surface area contributed by atoms with Gasteiger partial charge in [0.1, 0.15) is 11.9 Å². The van der Waals surface area contributed by atoms with Gasteiger partial charge in [0.15, 0.2) is 0 Å². The summed E-state index contributed by atoms with van der Waals surface area (Å²) in [7, 11) is 0. The van der Waals surface area contributed by atoms with E-state index in [4.69, 9.17) is 4.98 Å². The number of piperidine rings is 1. The molecule has 1 aliphatic heterocycles. The molecule has 3 aliphatic rings. The minimum atomic E-state index is -0.00103. The third-order valence-corrected chi connectivity index (χ3v) is 6.38. The average molecular weight is 375 g/mol. The molecule has 2 aromatic heterocycles. The van der Waals surface area contributed by atoms with E-state index in [9.17, 15) is 10.1 Å². The second-order valence-corrected chi connectivity index (χ2v) is 8.41. The summed E-state index contributed by atoms with van der Waals surface area (Å²) in [6, 6.07) is 7.95. The predicted molar refractivity (Wildman–Crippen MR) is 106 cm³/mol. The molecule has 0 bridgehead atoms. The Hall–Kier alpha value is -2.68. The van der Waals surface area contributed by atoms with Gasteiger partial charge in [0, 0.05) is 37.3 Å². The summed E-state index contributed by atoms with van der Waals surface area (Å²) in [4.78, 5) is 19.3. The second kappa shape index (κ2) is 7.05. The van der Waals surface area contributed by atoms with Gasteiger partial charge in [-0.2, -0.15) is 10.4 Å². The van der Waals surface area contributed by atoms with E-state index in [1.807, 2.05) is 12.1 Å².